The van der Waals surface area contributed by atoms with E-state index in [1.165, 1.54) is 11.3 Å². The van der Waals surface area contributed by atoms with Gasteiger partial charge in [-0.2, -0.15) is 4.98 Å². The van der Waals surface area contributed by atoms with E-state index in [4.69, 9.17) is 14.2 Å². The SMILES string of the molecule is CCc1cc(Nc2ncc(Br)c(Nc3ccc4c(c3NS(C)(=O)=O)OCCO4)n2)c(OC)cc1N1CCN(C)CC1. The Hall–Kier alpha value is -3.49. The van der Waals surface area contributed by atoms with Crippen molar-refractivity contribution in [3.8, 4) is 17.2 Å². The van der Waals surface area contributed by atoms with Gasteiger partial charge in [0.2, 0.25) is 16.0 Å². The lowest BCUT2D eigenvalue weighted by molar-refractivity contribution is 0.173. The molecule has 2 aliphatic rings. The van der Waals surface area contributed by atoms with Gasteiger partial charge in [0.1, 0.15) is 30.5 Å². The first kappa shape index (κ1) is 29.0. The van der Waals surface area contributed by atoms with Gasteiger partial charge in [-0.3, -0.25) is 4.72 Å². The predicted molar refractivity (Wildman–Crippen MR) is 164 cm³/mol. The molecule has 1 fully saturated rings. The first-order valence-corrected chi connectivity index (χ1v) is 15.9. The summed E-state index contributed by atoms with van der Waals surface area (Å²) in [6, 6.07) is 7.58. The van der Waals surface area contributed by atoms with E-state index in [9.17, 15) is 8.42 Å². The molecule has 0 amide bonds. The highest BCUT2D eigenvalue weighted by Crippen LogP contribution is 2.44. The number of ether oxygens (including phenoxy) is 3. The molecule has 0 spiro atoms. The van der Waals surface area contributed by atoms with Crippen molar-refractivity contribution in [1.29, 1.82) is 0 Å². The topological polar surface area (TPSA) is 130 Å². The summed E-state index contributed by atoms with van der Waals surface area (Å²) in [4.78, 5) is 13.8. The third-order valence-corrected chi connectivity index (χ3v) is 8.02. The van der Waals surface area contributed by atoms with Crippen molar-refractivity contribution in [2.75, 3.05) is 80.1 Å². The molecule has 0 atom stereocenters. The fraction of sp³-hybridized carbons (Fsp3) is 0.407. The standard InChI is InChI=1S/C27H34BrN7O5S/c1-5-17-14-20(23(38-3)15-21(17)35-10-8-34(2)9-11-35)31-27-29-16-18(28)26(32-27)30-19-6-7-22-25(40-13-12-39-22)24(19)33-41(4,36)37/h6-7,14-16,33H,5,8-13H2,1-4H3,(H2,29,30,31,32). The van der Waals surface area contributed by atoms with Crippen molar-refractivity contribution >= 4 is 60.5 Å². The van der Waals surface area contributed by atoms with E-state index >= 15 is 0 Å². The first-order valence-electron chi connectivity index (χ1n) is 13.3. The van der Waals surface area contributed by atoms with E-state index in [1.807, 2.05) is 0 Å². The van der Waals surface area contributed by atoms with Gasteiger partial charge in [0.05, 0.1) is 29.2 Å². The fourth-order valence-corrected chi connectivity index (χ4v) is 5.64. The molecular formula is C27H34BrN7O5S. The van der Waals surface area contributed by atoms with Crippen LogP contribution in [-0.2, 0) is 16.4 Å². The highest BCUT2D eigenvalue weighted by atomic mass is 79.9. The normalized spacial score (nSPS) is 15.4. The summed E-state index contributed by atoms with van der Waals surface area (Å²) in [6.45, 7) is 6.76. The number of likely N-dealkylation sites (N-methyl/N-ethyl adjacent to an activating group) is 1. The molecule has 2 aromatic carbocycles. The molecule has 0 radical (unpaired) electrons. The molecule has 12 nitrogen and oxygen atoms in total. The smallest absolute Gasteiger partial charge is 0.230 e. The zero-order chi connectivity index (χ0) is 29.1. The van der Waals surface area contributed by atoms with Gasteiger partial charge in [-0.05, 0) is 53.2 Å². The molecular weight excluding hydrogens is 614 g/mol. The molecule has 41 heavy (non-hydrogen) atoms. The van der Waals surface area contributed by atoms with Gasteiger partial charge in [-0.15, -0.1) is 0 Å². The monoisotopic (exact) mass is 647 g/mol. The van der Waals surface area contributed by atoms with Crippen molar-refractivity contribution in [3.63, 3.8) is 0 Å². The Kier molecular flexibility index (Phi) is 8.61. The van der Waals surface area contributed by atoms with Crippen molar-refractivity contribution in [1.82, 2.24) is 14.9 Å². The van der Waals surface area contributed by atoms with Gasteiger partial charge < -0.3 is 34.6 Å². The van der Waals surface area contributed by atoms with E-state index in [-0.39, 0.29) is 5.69 Å². The number of piperazine rings is 1. The molecule has 0 saturated carbocycles. The fourth-order valence-electron chi connectivity index (χ4n) is 4.78. The molecule has 3 aromatic rings. The van der Waals surface area contributed by atoms with Gasteiger partial charge in [0.15, 0.2) is 11.5 Å². The van der Waals surface area contributed by atoms with Crippen molar-refractivity contribution in [2.24, 2.45) is 0 Å². The Morgan fingerprint density at radius 1 is 1.07 bits per heavy atom. The van der Waals surface area contributed by atoms with Crippen LogP contribution in [0.25, 0.3) is 0 Å². The lowest BCUT2D eigenvalue weighted by Gasteiger charge is -2.35. The molecule has 5 rings (SSSR count). The van der Waals surface area contributed by atoms with Crippen LogP contribution in [-0.4, -0.2) is 83.1 Å². The summed E-state index contributed by atoms with van der Waals surface area (Å²) in [7, 11) is 0.174. The minimum atomic E-state index is -3.62. The third kappa shape index (κ3) is 6.71. The number of fused-ring (bicyclic) bond motifs is 1. The molecule has 0 bridgehead atoms. The summed E-state index contributed by atoms with van der Waals surface area (Å²) in [5.74, 6) is 2.20. The maximum Gasteiger partial charge on any atom is 0.230 e. The lowest BCUT2D eigenvalue weighted by Crippen LogP contribution is -2.44. The number of sulfonamides is 1. The van der Waals surface area contributed by atoms with Crippen LogP contribution in [0.4, 0.5) is 34.5 Å². The molecule has 3 heterocycles. The van der Waals surface area contributed by atoms with Crippen LogP contribution in [0.5, 0.6) is 17.2 Å². The number of nitrogens with one attached hydrogen (secondary N) is 3. The van der Waals surface area contributed by atoms with Crippen LogP contribution >= 0.6 is 15.9 Å². The molecule has 3 N–H and O–H groups in total. The molecule has 0 unspecified atom stereocenters. The zero-order valence-electron chi connectivity index (χ0n) is 23.5. The number of nitrogens with zero attached hydrogens (tertiary/aromatic N) is 4. The number of benzene rings is 2. The van der Waals surface area contributed by atoms with Crippen LogP contribution in [0.3, 0.4) is 0 Å². The molecule has 220 valence electrons. The largest absolute Gasteiger partial charge is 0.494 e. The summed E-state index contributed by atoms with van der Waals surface area (Å²) in [5.41, 5.74) is 3.79. The van der Waals surface area contributed by atoms with Gasteiger partial charge in [-0.25, -0.2) is 13.4 Å². The van der Waals surface area contributed by atoms with E-state index in [2.05, 4.69) is 77.2 Å². The van der Waals surface area contributed by atoms with Crippen molar-refractivity contribution in [2.45, 2.75) is 13.3 Å². The predicted octanol–water partition coefficient (Wildman–Crippen LogP) is 4.19. The lowest BCUT2D eigenvalue weighted by atomic mass is 10.1. The Labute approximate surface area is 248 Å². The highest BCUT2D eigenvalue weighted by Gasteiger charge is 2.23. The number of aromatic nitrogens is 2. The number of halogens is 1. The summed E-state index contributed by atoms with van der Waals surface area (Å²) in [6.07, 6.45) is 3.55. The zero-order valence-corrected chi connectivity index (χ0v) is 25.9. The third-order valence-electron chi connectivity index (χ3n) is 6.87. The Morgan fingerprint density at radius 2 is 1.83 bits per heavy atom. The number of rotatable bonds is 9. The summed E-state index contributed by atoms with van der Waals surface area (Å²) >= 11 is 3.50. The van der Waals surface area contributed by atoms with Crippen molar-refractivity contribution in [3.05, 3.63) is 40.5 Å². The minimum Gasteiger partial charge on any atom is -0.494 e. The van der Waals surface area contributed by atoms with E-state index in [0.29, 0.717) is 52.4 Å². The van der Waals surface area contributed by atoms with Gasteiger partial charge in [0, 0.05) is 44.1 Å². The van der Waals surface area contributed by atoms with Gasteiger partial charge in [-0.1, -0.05) is 6.92 Å². The highest BCUT2D eigenvalue weighted by molar-refractivity contribution is 9.10. The number of methoxy groups -OCH3 is 1. The first-order chi connectivity index (χ1) is 19.6. The average molecular weight is 649 g/mol. The van der Waals surface area contributed by atoms with Gasteiger partial charge >= 0.3 is 0 Å². The van der Waals surface area contributed by atoms with E-state index in [1.54, 1.807) is 25.4 Å². The second kappa shape index (κ2) is 12.2. The minimum absolute atomic E-state index is 0.235. The number of hydrogen-bond donors (Lipinski definition) is 3. The maximum absolute atomic E-state index is 12.2. The maximum atomic E-state index is 12.2. The molecule has 1 aromatic heterocycles. The van der Waals surface area contributed by atoms with Crippen LogP contribution in [0, 0.1) is 0 Å². The summed E-state index contributed by atoms with van der Waals surface area (Å²) in [5, 5.41) is 6.50. The quantitative estimate of drug-likeness (QED) is 0.309. The second-order valence-corrected chi connectivity index (χ2v) is 12.5. The van der Waals surface area contributed by atoms with E-state index in [0.717, 1.165) is 44.5 Å². The van der Waals surface area contributed by atoms with Crippen LogP contribution < -0.4 is 34.5 Å². The van der Waals surface area contributed by atoms with Crippen LogP contribution in [0.15, 0.2) is 34.9 Å². The molecule has 14 heteroatoms. The van der Waals surface area contributed by atoms with Crippen LogP contribution in [0.1, 0.15) is 12.5 Å². The Morgan fingerprint density at radius 3 is 2.54 bits per heavy atom. The average Bonchev–Trinajstić information content (AvgIpc) is 2.95. The molecule has 1 saturated heterocycles. The van der Waals surface area contributed by atoms with E-state index < -0.39 is 10.0 Å². The molecule has 0 aliphatic carbocycles. The van der Waals surface area contributed by atoms with Gasteiger partial charge in [0.25, 0.3) is 0 Å². The second-order valence-electron chi connectivity index (χ2n) is 9.85. The molecule has 2 aliphatic heterocycles. The van der Waals surface area contributed by atoms with Crippen molar-refractivity contribution < 1.29 is 22.6 Å². The number of anilines is 6. The summed E-state index contributed by atoms with van der Waals surface area (Å²) < 4.78 is 44.6. The number of hydrogen-bond acceptors (Lipinski definition) is 11. The Bertz CT molecular complexity index is 1530. The Balaban J connectivity index is 1.45. The van der Waals surface area contributed by atoms with Crippen LogP contribution in [0.2, 0.25) is 0 Å². The number of aryl methyl sites for hydroxylation is 1.